The number of amides is 4. The van der Waals surface area contributed by atoms with Crippen LogP contribution in [0.25, 0.3) is 0 Å². The van der Waals surface area contributed by atoms with E-state index >= 15 is 0 Å². The number of nitrogens with zero attached hydrogens (tertiary/aromatic N) is 1. The number of benzene rings is 2. The van der Waals surface area contributed by atoms with Gasteiger partial charge in [0.05, 0.1) is 12.6 Å². The van der Waals surface area contributed by atoms with Gasteiger partial charge in [0.2, 0.25) is 23.6 Å². The van der Waals surface area contributed by atoms with Gasteiger partial charge in [-0.1, -0.05) is 42.5 Å². The maximum Gasteiger partial charge on any atom is 0.326 e. The largest absolute Gasteiger partial charge is 0.508 e. The van der Waals surface area contributed by atoms with Crippen molar-refractivity contribution in [2.24, 2.45) is 5.73 Å². The van der Waals surface area contributed by atoms with Gasteiger partial charge in [0.15, 0.2) is 0 Å². The molecule has 1 fully saturated rings. The fourth-order valence-electron chi connectivity index (χ4n) is 4.83. The van der Waals surface area contributed by atoms with Crippen LogP contribution in [0.1, 0.15) is 30.4 Å². The number of phenolic OH excluding ortho intramolecular Hbond substituents is 1. The predicted molar refractivity (Wildman–Crippen MR) is 162 cm³/mol. The fourth-order valence-corrected chi connectivity index (χ4v) is 5.30. The van der Waals surface area contributed by atoms with E-state index in [0.717, 1.165) is 5.56 Å². The van der Waals surface area contributed by atoms with Gasteiger partial charge in [-0.2, -0.15) is 11.8 Å². The highest BCUT2D eigenvalue weighted by molar-refractivity contribution is 7.98. The second-order valence-corrected chi connectivity index (χ2v) is 11.4. The van der Waals surface area contributed by atoms with E-state index in [1.54, 1.807) is 12.1 Å². The summed E-state index contributed by atoms with van der Waals surface area (Å²) < 4.78 is 0. The first-order valence-corrected chi connectivity index (χ1v) is 15.5. The molecule has 0 unspecified atom stereocenters. The number of carboxylic acid groups (broad SMARTS) is 1. The van der Waals surface area contributed by atoms with E-state index in [1.165, 1.54) is 28.8 Å². The number of aromatic hydroxyl groups is 1. The van der Waals surface area contributed by atoms with Crippen LogP contribution in [0, 0.1) is 0 Å². The number of hydrogen-bond acceptors (Lipinski definition) is 8. The van der Waals surface area contributed by atoms with Crippen LogP contribution in [0.4, 0.5) is 0 Å². The Hall–Kier alpha value is -4.10. The van der Waals surface area contributed by atoms with E-state index < -0.39 is 60.3 Å². The summed E-state index contributed by atoms with van der Waals surface area (Å²) in [6, 6.07) is 11.5. The van der Waals surface area contributed by atoms with Crippen molar-refractivity contribution in [2.45, 2.75) is 56.3 Å². The van der Waals surface area contributed by atoms with Crippen molar-refractivity contribution in [2.75, 3.05) is 25.1 Å². The lowest BCUT2D eigenvalue weighted by molar-refractivity contribution is -0.149. The van der Waals surface area contributed by atoms with Crippen LogP contribution in [0.3, 0.4) is 0 Å². The molecular formula is C30H39N5O7S. The lowest BCUT2D eigenvalue weighted by atomic mass is 10.0. The maximum absolute atomic E-state index is 13.2. The van der Waals surface area contributed by atoms with E-state index in [4.69, 9.17) is 5.73 Å². The van der Waals surface area contributed by atoms with Crippen LogP contribution in [-0.2, 0) is 36.8 Å². The Labute approximate surface area is 254 Å². The molecule has 1 aliphatic rings. The van der Waals surface area contributed by atoms with E-state index in [0.29, 0.717) is 37.1 Å². The zero-order valence-electron chi connectivity index (χ0n) is 24.0. The molecule has 232 valence electrons. The SMILES string of the molecule is CSCC[C@H](NC(=O)CNC(=O)[C@H](Cc1ccc(O)cc1)NC(=O)[C@@H](N)Cc1ccccc1)C(=O)N1CCC[C@H]1C(=O)O. The molecule has 13 heteroatoms. The number of nitrogens with one attached hydrogen (secondary N) is 3. The number of rotatable bonds is 15. The van der Waals surface area contributed by atoms with Gasteiger partial charge in [-0.25, -0.2) is 4.79 Å². The summed E-state index contributed by atoms with van der Waals surface area (Å²) in [5.74, 6) is -2.77. The van der Waals surface area contributed by atoms with Crippen molar-refractivity contribution in [1.82, 2.24) is 20.9 Å². The minimum Gasteiger partial charge on any atom is -0.508 e. The molecule has 0 spiro atoms. The molecule has 3 rings (SSSR count). The Morgan fingerprint density at radius 2 is 1.63 bits per heavy atom. The van der Waals surface area contributed by atoms with Crippen molar-refractivity contribution in [3.05, 3.63) is 65.7 Å². The Balaban J connectivity index is 1.64. The average Bonchev–Trinajstić information content (AvgIpc) is 3.49. The molecule has 0 saturated carbocycles. The summed E-state index contributed by atoms with van der Waals surface area (Å²) in [4.78, 5) is 65.1. The van der Waals surface area contributed by atoms with Gasteiger partial charge in [0.25, 0.3) is 0 Å². The molecule has 0 aromatic heterocycles. The third-order valence-corrected chi connectivity index (χ3v) is 7.78. The van der Waals surface area contributed by atoms with Crippen LogP contribution in [0.5, 0.6) is 5.75 Å². The molecule has 2 aromatic rings. The Kier molecular flexibility index (Phi) is 12.8. The molecule has 2 aromatic carbocycles. The first-order valence-electron chi connectivity index (χ1n) is 14.1. The number of phenols is 1. The van der Waals surface area contributed by atoms with Gasteiger partial charge in [-0.15, -0.1) is 0 Å². The third-order valence-electron chi connectivity index (χ3n) is 7.13. The summed E-state index contributed by atoms with van der Waals surface area (Å²) in [6.45, 7) is -0.175. The smallest absolute Gasteiger partial charge is 0.326 e. The van der Waals surface area contributed by atoms with Gasteiger partial charge < -0.3 is 36.8 Å². The molecule has 0 aliphatic carbocycles. The molecule has 1 saturated heterocycles. The first-order chi connectivity index (χ1) is 20.6. The highest BCUT2D eigenvalue weighted by Gasteiger charge is 2.37. The van der Waals surface area contributed by atoms with Gasteiger partial charge >= 0.3 is 5.97 Å². The van der Waals surface area contributed by atoms with Gasteiger partial charge in [0.1, 0.15) is 23.9 Å². The average molecular weight is 614 g/mol. The lowest BCUT2D eigenvalue weighted by Gasteiger charge is -2.27. The number of hydrogen-bond donors (Lipinski definition) is 6. The summed E-state index contributed by atoms with van der Waals surface area (Å²) in [5.41, 5.74) is 7.63. The molecule has 7 N–H and O–H groups in total. The molecule has 1 aliphatic heterocycles. The molecule has 0 bridgehead atoms. The quantitative estimate of drug-likeness (QED) is 0.165. The normalized spacial score (nSPS) is 16.5. The van der Waals surface area contributed by atoms with E-state index in [1.807, 2.05) is 36.6 Å². The Morgan fingerprint density at radius 3 is 2.28 bits per heavy atom. The van der Waals surface area contributed by atoms with E-state index in [-0.39, 0.29) is 18.6 Å². The number of carbonyl (C=O) groups excluding carboxylic acids is 4. The monoisotopic (exact) mass is 613 g/mol. The van der Waals surface area contributed by atoms with Crippen molar-refractivity contribution < 1.29 is 34.2 Å². The number of nitrogens with two attached hydrogens (primary N) is 1. The number of carbonyl (C=O) groups is 5. The van der Waals surface area contributed by atoms with Gasteiger partial charge in [-0.3, -0.25) is 19.2 Å². The van der Waals surface area contributed by atoms with Gasteiger partial charge in [-0.05, 0) is 61.0 Å². The lowest BCUT2D eigenvalue weighted by Crippen LogP contribution is -2.55. The second-order valence-electron chi connectivity index (χ2n) is 10.4. The molecule has 1 heterocycles. The molecule has 4 amide bonds. The Morgan fingerprint density at radius 1 is 0.953 bits per heavy atom. The predicted octanol–water partition coefficient (Wildman–Crippen LogP) is 0.419. The molecule has 12 nitrogen and oxygen atoms in total. The number of carboxylic acids is 1. The summed E-state index contributed by atoms with van der Waals surface area (Å²) in [7, 11) is 0. The molecule has 0 radical (unpaired) electrons. The minimum absolute atomic E-state index is 0.0459. The second kappa shape index (κ2) is 16.5. The van der Waals surface area contributed by atoms with E-state index in [2.05, 4.69) is 16.0 Å². The van der Waals surface area contributed by atoms with Crippen molar-refractivity contribution in [3.8, 4) is 5.75 Å². The number of thioether (sulfide) groups is 1. The highest BCUT2D eigenvalue weighted by atomic mass is 32.2. The summed E-state index contributed by atoms with van der Waals surface area (Å²) >= 11 is 1.48. The molecule has 4 atom stereocenters. The zero-order valence-corrected chi connectivity index (χ0v) is 24.8. The highest BCUT2D eigenvalue weighted by Crippen LogP contribution is 2.20. The number of likely N-dealkylation sites (tertiary alicyclic amines) is 1. The van der Waals surface area contributed by atoms with E-state index in [9.17, 15) is 34.2 Å². The summed E-state index contributed by atoms with van der Waals surface area (Å²) in [5, 5.41) is 26.9. The van der Waals surface area contributed by atoms with Crippen LogP contribution < -0.4 is 21.7 Å². The topological polar surface area (TPSA) is 191 Å². The maximum atomic E-state index is 13.2. The Bertz CT molecular complexity index is 1260. The minimum atomic E-state index is -1.08. The van der Waals surface area contributed by atoms with Crippen LogP contribution in [0.2, 0.25) is 0 Å². The van der Waals surface area contributed by atoms with Crippen molar-refractivity contribution >= 4 is 41.4 Å². The third kappa shape index (κ3) is 10.3. The summed E-state index contributed by atoms with van der Waals surface area (Å²) in [6.07, 6.45) is 3.38. The molecular weight excluding hydrogens is 574 g/mol. The molecule has 43 heavy (non-hydrogen) atoms. The fraction of sp³-hybridized carbons (Fsp3) is 0.433. The van der Waals surface area contributed by atoms with Crippen LogP contribution in [0.15, 0.2) is 54.6 Å². The van der Waals surface area contributed by atoms with Gasteiger partial charge in [0, 0.05) is 13.0 Å². The van der Waals surface area contributed by atoms with Crippen molar-refractivity contribution in [3.63, 3.8) is 0 Å². The van der Waals surface area contributed by atoms with Crippen LogP contribution >= 0.6 is 11.8 Å². The zero-order chi connectivity index (χ0) is 31.4. The standard InChI is InChI=1S/C30H39N5O7S/c1-43-15-13-23(29(40)35-14-5-8-25(35)30(41)42)33-26(37)18-32-28(39)24(17-20-9-11-21(36)12-10-20)34-27(38)22(31)16-19-6-3-2-4-7-19/h2-4,6-7,9-12,22-25,36H,5,8,13-18,31H2,1H3,(H,32,39)(H,33,37)(H,34,38)(H,41,42)/t22-,23-,24-,25-/m0/s1. The van der Waals surface area contributed by atoms with Crippen LogP contribution in [-0.4, -0.2) is 94.0 Å². The first kappa shape index (κ1) is 33.4. The van der Waals surface area contributed by atoms with Crippen molar-refractivity contribution in [1.29, 1.82) is 0 Å². The number of aliphatic carboxylic acids is 1.